The van der Waals surface area contributed by atoms with Crippen LogP contribution in [0, 0.1) is 17.8 Å². The molecule has 0 saturated heterocycles. The van der Waals surface area contributed by atoms with Gasteiger partial charge in [0.15, 0.2) is 0 Å². The molecular weight excluding hydrogens is 196 g/mol. The van der Waals surface area contributed by atoms with E-state index in [2.05, 4.69) is 27.7 Å². The van der Waals surface area contributed by atoms with Crippen molar-refractivity contribution in [1.29, 1.82) is 0 Å². The molecule has 0 aromatic carbocycles. The van der Waals surface area contributed by atoms with Crippen molar-refractivity contribution in [3.05, 3.63) is 0 Å². The minimum atomic E-state index is 0.389. The molecule has 0 amide bonds. The van der Waals surface area contributed by atoms with Gasteiger partial charge >= 0.3 is 0 Å². The first-order valence-corrected chi connectivity index (χ1v) is 7.17. The van der Waals surface area contributed by atoms with Gasteiger partial charge in [-0.25, -0.2) is 0 Å². The van der Waals surface area contributed by atoms with Gasteiger partial charge in [0, 0.05) is 6.61 Å². The van der Waals surface area contributed by atoms with Crippen molar-refractivity contribution < 1.29 is 5.11 Å². The zero-order valence-electron chi connectivity index (χ0n) is 11.8. The summed E-state index contributed by atoms with van der Waals surface area (Å²) in [5.74, 6) is 2.19. The Bertz CT molecular complexity index is 140. The van der Waals surface area contributed by atoms with Gasteiger partial charge in [0.05, 0.1) is 0 Å². The first-order valence-electron chi connectivity index (χ1n) is 7.17. The van der Waals surface area contributed by atoms with E-state index in [-0.39, 0.29) is 0 Å². The van der Waals surface area contributed by atoms with E-state index in [1.165, 1.54) is 44.9 Å². The molecule has 0 aliphatic heterocycles. The Labute approximate surface area is 103 Å². The van der Waals surface area contributed by atoms with Gasteiger partial charge in [0.25, 0.3) is 0 Å². The monoisotopic (exact) mass is 228 g/mol. The summed E-state index contributed by atoms with van der Waals surface area (Å²) in [5.41, 5.74) is 0. The molecule has 0 heterocycles. The summed E-state index contributed by atoms with van der Waals surface area (Å²) in [6, 6.07) is 0. The lowest BCUT2D eigenvalue weighted by molar-refractivity contribution is 0.202. The van der Waals surface area contributed by atoms with Crippen LogP contribution >= 0.6 is 0 Å². The van der Waals surface area contributed by atoms with Crippen LogP contribution in [0.4, 0.5) is 0 Å². The van der Waals surface area contributed by atoms with E-state index < -0.39 is 0 Å². The summed E-state index contributed by atoms with van der Waals surface area (Å²) < 4.78 is 0. The van der Waals surface area contributed by atoms with Crippen LogP contribution in [-0.4, -0.2) is 11.7 Å². The number of aliphatic hydroxyl groups excluding tert-OH is 1. The van der Waals surface area contributed by atoms with Gasteiger partial charge in [-0.1, -0.05) is 59.8 Å². The summed E-state index contributed by atoms with van der Waals surface area (Å²) >= 11 is 0. The highest BCUT2D eigenvalue weighted by Gasteiger charge is 2.07. The molecule has 1 nitrogen and oxygen atoms in total. The number of hydrogen-bond donors (Lipinski definition) is 1. The molecule has 1 atom stereocenters. The maximum absolute atomic E-state index is 9.30. The molecule has 16 heavy (non-hydrogen) atoms. The van der Waals surface area contributed by atoms with Gasteiger partial charge < -0.3 is 5.11 Å². The molecule has 1 unspecified atom stereocenters. The molecule has 98 valence electrons. The van der Waals surface area contributed by atoms with Crippen LogP contribution in [0.5, 0.6) is 0 Å². The van der Waals surface area contributed by atoms with Gasteiger partial charge in [-0.2, -0.15) is 0 Å². The Morgan fingerprint density at radius 2 is 1.12 bits per heavy atom. The molecule has 0 fully saturated rings. The summed E-state index contributed by atoms with van der Waals surface area (Å²) in [6.45, 7) is 9.51. The number of rotatable bonds is 10. The summed E-state index contributed by atoms with van der Waals surface area (Å²) in [5, 5.41) is 9.30. The lowest BCUT2D eigenvalue weighted by Gasteiger charge is -2.15. The standard InChI is InChI=1S/C15H32O/c1-13(2)8-5-6-10-15(12-16)11-7-9-14(3)4/h13-16H,5-12H2,1-4H3. The van der Waals surface area contributed by atoms with Gasteiger partial charge in [-0.3, -0.25) is 0 Å². The third-order valence-electron chi connectivity index (χ3n) is 3.30. The Balaban J connectivity index is 3.44. The number of hydrogen-bond acceptors (Lipinski definition) is 1. The van der Waals surface area contributed by atoms with Gasteiger partial charge in [0.2, 0.25) is 0 Å². The van der Waals surface area contributed by atoms with Crippen LogP contribution in [0.3, 0.4) is 0 Å². The quantitative estimate of drug-likeness (QED) is 0.540. The Morgan fingerprint density at radius 1 is 0.688 bits per heavy atom. The SMILES string of the molecule is CC(C)CCCCC(CO)CCCC(C)C. The maximum atomic E-state index is 9.30. The molecule has 0 spiro atoms. The van der Waals surface area contributed by atoms with E-state index in [9.17, 15) is 5.11 Å². The highest BCUT2D eigenvalue weighted by atomic mass is 16.3. The van der Waals surface area contributed by atoms with Crippen molar-refractivity contribution in [2.45, 2.75) is 72.6 Å². The fourth-order valence-corrected chi connectivity index (χ4v) is 2.13. The molecular formula is C15H32O. The average Bonchev–Trinajstić information content (AvgIpc) is 2.20. The zero-order chi connectivity index (χ0) is 12.4. The van der Waals surface area contributed by atoms with Gasteiger partial charge in [-0.05, 0) is 30.6 Å². The molecule has 0 aliphatic carbocycles. The molecule has 0 bridgehead atoms. The molecule has 0 aromatic heterocycles. The second kappa shape index (κ2) is 10.1. The summed E-state index contributed by atoms with van der Waals surface area (Å²) in [7, 11) is 0. The lowest BCUT2D eigenvalue weighted by atomic mass is 9.93. The van der Waals surface area contributed by atoms with Crippen molar-refractivity contribution >= 4 is 0 Å². The highest BCUT2D eigenvalue weighted by Crippen LogP contribution is 2.19. The van der Waals surface area contributed by atoms with Gasteiger partial charge in [0.1, 0.15) is 0 Å². The fraction of sp³-hybridized carbons (Fsp3) is 1.00. The third-order valence-corrected chi connectivity index (χ3v) is 3.30. The van der Waals surface area contributed by atoms with E-state index in [1.807, 2.05) is 0 Å². The third kappa shape index (κ3) is 10.5. The minimum absolute atomic E-state index is 0.389. The van der Waals surface area contributed by atoms with Crippen LogP contribution < -0.4 is 0 Å². The van der Waals surface area contributed by atoms with Crippen LogP contribution in [0.25, 0.3) is 0 Å². The normalized spacial score (nSPS) is 13.7. The topological polar surface area (TPSA) is 20.2 Å². The lowest BCUT2D eigenvalue weighted by Crippen LogP contribution is -2.06. The highest BCUT2D eigenvalue weighted by molar-refractivity contribution is 4.60. The Morgan fingerprint density at radius 3 is 1.62 bits per heavy atom. The second-order valence-electron chi connectivity index (χ2n) is 6.05. The molecule has 0 rings (SSSR count). The van der Waals surface area contributed by atoms with E-state index in [4.69, 9.17) is 0 Å². The van der Waals surface area contributed by atoms with Crippen LogP contribution in [0.1, 0.15) is 72.6 Å². The second-order valence-corrected chi connectivity index (χ2v) is 6.05. The fourth-order valence-electron chi connectivity index (χ4n) is 2.13. The van der Waals surface area contributed by atoms with Gasteiger partial charge in [-0.15, -0.1) is 0 Å². The molecule has 0 radical (unpaired) electrons. The summed E-state index contributed by atoms with van der Waals surface area (Å²) in [4.78, 5) is 0. The van der Waals surface area contributed by atoms with Crippen molar-refractivity contribution in [3.8, 4) is 0 Å². The van der Waals surface area contributed by atoms with E-state index in [0.29, 0.717) is 12.5 Å². The number of unbranched alkanes of at least 4 members (excludes halogenated alkanes) is 1. The first-order chi connectivity index (χ1) is 7.56. The predicted molar refractivity (Wildman–Crippen MR) is 72.6 cm³/mol. The minimum Gasteiger partial charge on any atom is -0.396 e. The molecule has 1 heteroatoms. The molecule has 0 aromatic rings. The van der Waals surface area contributed by atoms with Crippen LogP contribution in [0.15, 0.2) is 0 Å². The zero-order valence-corrected chi connectivity index (χ0v) is 11.8. The van der Waals surface area contributed by atoms with E-state index >= 15 is 0 Å². The van der Waals surface area contributed by atoms with Crippen LogP contribution in [-0.2, 0) is 0 Å². The molecule has 1 N–H and O–H groups in total. The summed E-state index contributed by atoms with van der Waals surface area (Å²) in [6.07, 6.45) is 9.00. The van der Waals surface area contributed by atoms with Crippen molar-refractivity contribution in [2.24, 2.45) is 17.8 Å². The predicted octanol–water partition coefficient (Wildman–Crippen LogP) is 4.64. The van der Waals surface area contributed by atoms with E-state index in [0.717, 1.165) is 11.8 Å². The van der Waals surface area contributed by atoms with Crippen molar-refractivity contribution in [3.63, 3.8) is 0 Å². The maximum Gasteiger partial charge on any atom is 0.0459 e. The molecule has 0 aliphatic rings. The number of aliphatic hydroxyl groups is 1. The molecule has 0 saturated carbocycles. The Kier molecular flexibility index (Phi) is 10.1. The van der Waals surface area contributed by atoms with E-state index in [1.54, 1.807) is 0 Å². The smallest absolute Gasteiger partial charge is 0.0459 e. The van der Waals surface area contributed by atoms with Crippen molar-refractivity contribution in [2.75, 3.05) is 6.61 Å². The first kappa shape index (κ1) is 16.0. The average molecular weight is 228 g/mol. The largest absolute Gasteiger partial charge is 0.396 e. The Hall–Kier alpha value is -0.0400. The van der Waals surface area contributed by atoms with Crippen LogP contribution in [0.2, 0.25) is 0 Å². The van der Waals surface area contributed by atoms with Crippen molar-refractivity contribution in [1.82, 2.24) is 0 Å².